The van der Waals surface area contributed by atoms with Gasteiger partial charge in [0, 0.05) is 5.57 Å². The molecule has 2 saturated heterocycles. The van der Waals surface area contributed by atoms with Gasteiger partial charge < -0.3 is 9.64 Å². The molecule has 2 heterocycles. The lowest BCUT2D eigenvalue weighted by atomic mass is 9.91. The Morgan fingerprint density at radius 3 is 2.70 bits per heavy atom. The van der Waals surface area contributed by atoms with Crippen LogP contribution in [-0.4, -0.2) is 29.5 Å². The van der Waals surface area contributed by atoms with E-state index in [0.29, 0.717) is 19.3 Å². The Morgan fingerprint density at radius 1 is 1.25 bits per heavy atom. The van der Waals surface area contributed by atoms with Gasteiger partial charge in [-0.25, -0.2) is 0 Å². The zero-order valence-electron chi connectivity index (χ0n) is 12.1. The molecule has 1 aromatic rings. The molecule has 0 radical (unpaired) electrons. The number of β-lactam (4-membered cyclic amide) rings is 1. The van der Waals surface area contributed by atoms with Gasteiger partial charge in [-0.2, -0.15) is 0 Å². The monoisotopic (exact) mass is 271 g/mol. The van der Waals surface area contributed by atoms with Crippen LogP contribution in [0.5, 0.6) is 0 Å². The molecule has 0 bridgehead atoms. The van der Waals surface area contributed by atoms with Crippen molar-refractivity contribution in [3.8, 4) is 0 Å². The maximum absolute atomic E-state index is 12.1. The Balaban J connectivity index is 1.54. The number of fused-ring (bicyclic) bond motifs is 1. The van der Waals surface area contributed by atoms with Crippen LogP contribution < -0.4 is 0 Å². The Morgan fingerprint density at radius 2 is 2.00 bits per heavy atom. The fourth-order valence-corrected chi connectivity index (χ4v) is 3.29. The first-order valence-electron chi connectivity index (χ1n) is 7.30. The van der Waals surface area contributed by atoms with Crippen molar-refractivity contribution in [3.05, 3.63) is 47.0 Å². The van der Waals surface area contributed by atoms with Crippen molar-refractivity contribution in [2.75, 3.05) is 6.61 Å². The molecule has 2 aliphatic rings. The number of nitrogens with zero attached hydrogens (tertiary/aromatic N) is 1. The molecule has 3 heteroatoms. The molecule has 3 nitrogen and oxygen atoms in total. The third kappa shape index (κ3) is 2.27. The summed E-state index contributed by atoms with van der Waals surface area (Å²) in [6.45, 7) is 5.33. The quantitative estimate of drug-likeness (QED) is 0.622. The van der Waals surface area contributed by atoms with Gasteiger partial charge in [0.25, 0.3) is 5.91 Å². The average Bonchev–Trinajstić information content (AvgIpc) is 2.78. The maximum Gasteiger partial charge on any atom is 0.252 e. The third-order valence-corrected chi connectivity index (χ3v) is 4.26. The molecule has 1 unspecified atom stereocenters. The molecule has 0 aliphatic carbocycles. The SMILES string of the molecule is CC(C)=C1C(=O)N2C1CC[C@@H]2COCc1ccccc1. The van der Waals surface area contributed by atoms with E-state index in [2.05, 4.69) is 12.1 Å². The van der Waals surface area contributed by atoms with Crippen LogP contribution in [0.15, 0.2) is 41.5 Å². The zero-order valence-corrected chi connectivity index (χ0v) is 12.1. The highest BCUT2D eigenvalue weighted by atomic mass is 16.5. The van der Waals surface area contributed by atoms with Gasteiger partial charge in [0.05, 0.1) is 25.3 Å². The van der Waals surface area contributed by atoms with Crippen LogP contribution in [0.4, 0.5) is 0 Å². The molecule has 0 N–H and O–H groups in total. The molecule has 0 saturated carbocycles. The minimum Gasteiger partial charge on any atom is -0.375 e. The van der Waals surface area contributed by atoms with Crippen LogP contribution >= 0.6 is 0 Å². The van der Waals surface area contributed by atoms with Gasteiger partial charge in [-0.1, -0.05) is 35.9 Å². The minimum absolute atomic E-state index is 0.223. The lowest BCUT2D eigenvalue weighted by Gasteiger charge is -2.41. The number of ether oxygens (including phenoxy) is 1. The largest absolute Gasteiger partial charge is 0.375 e. The summed E-state index contributed by atoms with van der Waals surface area (Å²) in [6.07, 6.45) is 2.15. The molecule has 106 valence electrons. The van der Waals surface area contributed by atoms with Crippen LogP contribution in [0, 0.1) is 0 Å². The van der Waals surface area contributed by atoms with E-state index in [4.69, 9.17) is 4.74 Å². The Hall–Kier alpha value is -1.61. The van der Waals surface area contributed by atoms with Gasteiger partial charge in [0.1, 0.15) is 0 Å². The first-order chi connectivity index (χ1) is 9.68. The van der Waals surface area contributed by atoms with E-state index < -0.39 is 0 Å². The van der Waals surface area contributed by atoms with Gasteiger partial charge in [0.2, 0.25) is 0 Å². The van der Waals surface area contributed by atoms with E-state index in [1.165, 1.54) is 11.1 Å². The highest BCUT2D eigenvalue weighted by Gasteiger charge is 2.50. The zero-order chi connectivity index (χ0) is 14.1. The predicted molar refractivity (Wildman–Crippen MR) is 78.1 cm³/mol. The van der Waals surface area contributed by atoms with E-state index in [-0.39, 0.29) is 11.9 Å². The Labute approximate surface area is 120 Å². The lowest BCUT2D eigenvalue weighted by Crippen LogP contribution is -2.56. The van der Waals surface area contributed by atoms with Crippen LogP contribution in [0.25, 0.3) is 0 Å². The average molecular weight is 271 g/mol. The number of hydrogen-bond acceptors (Lipinski definition) is 2. The molecular formula is C17H21NO2. The summed E-state index contributed by atoms with van der Waals surface area (Å²) < 4.78 is 5.79. The molecule has 1 aromatic carbocycles. The van der Waals surface area contributed by atoms with Crippen LogP contribution in [0.3, 0.4) is 0 Å². The molecule has 2 atom stereocenters. The summed E-state index contributed by atoms with van der Waals surface area (Å²) in [5, 5.41) is 0. The second-order valence-electron chi connectivity index (χ2n) is 5.87. The maximum atomic E-state index is 12.1. The molecule has 0 spiro atoms. The summed E-state index contributed by atoms with van der Waals surface area (Å²) in [5.74, 6) is 0.223. The summed E-state index contributed by atoms with van der Waals surface area (Å²) in [4.78, 5) is 14.2. The fraction of sp³-hybridized carbons (Fsp3) is 0.471. The number of amides is 1. The van der Waals surface area contributed by atoms with Gasteiger partial charge in [-0.3, -0.25) is 4.79 Å². The number of carbonyl (C=O) groups is 1. The van der Waals surface area contributed by atoms with E-state index in [1.807, 2.05) is 36.9 Å². The number of hydrogen-bond donors (Lipinski definition) is 0. The normalized spacial score (nSPS) is 24.6. The van der Waals surface area contributed by atoms with Crippen molar-refractivity contribution < 1.29 is 9.53 Å². The van der Waals surface area contributed by atoms with Crippen molar-refractivity contribution >= 4 is 5.91 Å². The van der Waals surface area contributed by atoms with Crippen molar-refractivity contribution in [1.82, 2.24) is 4.90 Å². The second kappa shape index (κ2) is 5.41. The molecule has 3 rings (SSSR count). The van der Waals surface area contributed by atoms with Crippen molar-refractivity contribution in [3.63, 3.8) is 0 Å². The molecule has 2 aliphatic heterocycles. The molecule has 20 heavy (non-hydrogen) atoms. The summed E-state index contributed by atoms with van der Waals surface area (Å²) in [7, 11) is 0. The molecule has 2 fully saturated rings. The second-order valence-corrected chi connectivity index (χ2v) is 5.87. The topological polar surface area (TPSA) is 29.5 Å². The number of carbonyl (C=O) groups excluding carboxylic acids is 1. The minimum atomic E-state index is 0.223. The van der Waals surface area contributed by atoms with E-state index in [1.54, 1.807) is 0 Å². The van der Waals surface area contributed by atoms with E-state index >= 15 is 0 Å². The lowest BCUT2D eigenvalue weighted by molar-refractivity contribution is -0.138. The highest BCUT2D eigenvalue weighted by Crippen LogP contribution is 2.40. The fourth-order valence-electron chi connectivity index (χ4n) is 3.29. The van der Waals surface area contributed by atoms with Crippen LogP contribution in [-0.2, 0) is 16.1 Å². The number of allylic oxidation sites excluding steroid dienone is 1. The predicted octanol–water partition coefficient (Wildman–Crippen LogP) is 2.91. The smallest absolute Gasteiger partial charge is 0.252 e. The Kier molecular flexibility index (Phi) is 3.62. The van der Waals surface area contributed by atoms with Gasteiger partial charge >= 0.3 is 0 Å². The number of benzene rings is 1. The van der Waals surface area contributed by atoms with Gasteiger partial charge in [0.15, 0.2) is 0 Å². The van der Waals surface area contributed by atoms with Crippen LogP contribution in [0.1, 0.15) is 32.3 Å². The molecular weight excluding hydrogens is 250 g/mol. The van der Waals surface area contributed by atoms with E-state index in [9.17, 15) is 4.79 Å². The Bertz CT molecular complexity index is 531. The summed E-state index contributed by atoms with van der Waals surface area (Å²) >= 11 is 0. The molecule has 0 aromatic heterocycles. The summed E-state index contributed by atoms with van der Waals surface area (Å²) in [5.41, 5.74) is 3.39. The van der Waals surface area contributed by atoms with Gasteiger partial charge in [-0.15, -0.1) is 0 Å². The van der Waals surface area contributed by atoms with Crippen molar-refractivity contribution in [1.29, 1.82) is 0 Å². The van der Waals surface area contributed by atoms with Gasteiger partial charge in [-0.05, 0) is 32.3 Å². The standard InChI is InChI=1S/C17H21NO2/c1-12(2)16-15-9-8-14(18(15)17(16)19)11-20-10-13-6-4-3-5-7-13/h3-7,14-15H,8-11H2,1-2H3/t14-,15?/m1/s1. The summed E-state index contributed by atoms with van der Waals surface area (Å²) in [6, 6.07) is 10.8. The molecule has 1 amide bonds. The third-order valence-electron chi connectivity index (χ3n) is 4.26. The van der Waals surface area contributed by atoms with E-state index in [0.717, 1.165) is 18.4 Å². The first-order valence-corrected chi connectivity index (χ1v) is 7.30. The first kappa shape index (κ1) is 13.4. The number of rotatable bonds is 4. The highest BCUT2D eigenvalue weighted by molar-refractivity contribution is 6.03. The van der Waals surface area contributed by atoms with Crippen LogP contribution in [0.2, 0.25) is 0 Å². The van der Waals surface area contributed by atoms with Crippen molar-refractivity contribution in [2.45, 2.75) is 45.4 Å². The van der Waals surface area contributed by atoms with Crippen molar-refractivity contribution in [2.24, 2.45) is 0 Å².